The molecule has 1 unspecified atom stereocenters. The van der Waals surface area contributed by atoms with Crippen LogP contribution < -0.4 is 0 Å². The number of rotatable bonds is 5. The van der Waals surface area contributed by atoms with E-state index in [1.54, 1.807) is 0 Å². The summed E-state index contributed by atoms with van der Waals surface area (Å²) in [7, 11) is 0. The molecule has 1 heterocycles. The molecule has 1 heteroatoms. The largest absolute Gasteiger partial charge is 0.261 e. The molecule has 0 radical (unpaired) electrons. The van der Waals surface area contributed by atoms with Crippen molar-refractivity contribution in [3.05, 3.63) is 42.2 Å². The molecular weight excluding hydrogens is 170 g/mol. The predicted octanol–water partition coefficient (Wildman–Crippen LogP) is 3.93. The van der Waals surface area contributed by atoms with E-state index in [4.69, 9.17) is 0 Å². The van der Waals surface area contributed by atoms with Crippen molar-refractivity contribution in [2.24, 2.45) is 0 Å². The van der Waals surface area contributed by atoms with Gasteiger partial charge in [-0.15, -0.1) is 0 Å². The van der Waals surface area contributed by atoms with E-state index >= 15 is 0 Å². The lowest BCUT2D eigenvalue weighted by Gasteiger charge is -2.11. The minimum atomic E-state index is 0.582. The molecule has 1 atom stereocenters. The Morgan fingerprint density at radius 1 is 1.29 bits per heavy atom. The lowest BCUT2D eigenvalue weighted by Crippen LogP contribution is -1.98. The van der Waals surface area contributed by atoms with Crippen LogP contribution in [0.25, 0.3) is 0 Å². The number of nitrogens with zero attached hydrogens (tertiary/aromatic N) is 1. The smallest absolute Gasteiger partial charge is 0.0437 e. The van der Waals surface area contributed by atoms with Gasteiger partial charge in [-0.05, 0) is 31.4 Å². The molecular formula is C13H19N. The lowest BCUT2D eigenvalue weighted by molar-refractivity contribution is 0.652. The Bertz CT molecular complexity index is 264. The fourth-order valence-corrected chi connectivity index (χ4v) is 1.54. The van der Waals surface area contributed by atoms with Crippen molar-refractivity contribution in [3.8, 4) is 0 Å². The maximum atomic E-state index is 4.39. The zero-order chi connectivity index (χ0) is 10.2. The summed E-state index contributed by atoms with van der Waals surface area (Å²) in [6, 6.07) is 6.15. The molecule has 0 fully saturated rings. The van der Waals surface area contributed by atoms with E-state index in [1.807, 2.05) is 12.3 Å². The maximum absolute atomic E-state index is 4.39. The van der Waals surface area contributed by atoms with Crippen molar-refractivity contribution in [3.63, 3.8) is 0 Å². The minimum absolute atomic E-state index is 0.582. The molecule has 1 aromatic rings. The van der Waals surface area contributed by atoms with Crippen molar-refractivity contribution in [1.82, 2.24) is 4.98 Å². The van der Waals surface area contributed by atoms with E-state index < -0.39 is 0 Å². The molecule has 0 aliphatic heterocycles. The molecule has 1 aromatic heterocycles. The Morgan fingerprint density at radius 2 is 2.14 bits per heavy atom. The van der Waals surface area contributed by atoms with E-state index in [1.165, 1.54) is 5.69 Å². The third-order valence-corrected chi connectivity index (χ3v) is 2.42. The molecule has 1 nitrogen and oxygen atoms in total. The van der Waals surface area contributed by atoms with E-state index in [2.05, 4.69) is 43.1 Å². The monoisotopic (exact) mass is 189 g/mol. The molecule has 0 aliphatic rings. The molecule has 0 spiro atoms. The second kappa shape index (κ2) is 6.36. The van der Waals surface area contributed by atoms with Crippen LogP contribution in [0.1, 0.15) is 44.7 Å². The van der Waals surface area contributed by atoms with Gasteiger partial charge >= 0.3 is 0 Å². The van der Waals surface area contributed by atoms with Crippen LogP contribution >= 0.6 is 0 Å². The third kappa shape index (κ3) is 3.33. The molecule has 0 bridgehead atoms. The van der Waals surface area contributed by atoms with E-state index in [0.717, 1.165) is 19.3 Å². The van der Waals surface area contributed by atoms with Crippen LogP contribution in [-0.4, -0.2) is 4.98 Å². The van der Waals surface area contributed by atoms with Gasteiger partial charge in [0.15, 0.2) is 0 Å². The number of hydrogen-bond donors (Lipinski definition) is 0. The molecule has 0 aliphatic carbocycles. The number of aromatic nitrogens is 1. The molecule has 1 rings (SSSR count). The van der Waals surface area contributed by atoms with E-state index in [9.17, 15) is 0 Å². The van der Waals surface area contributed by atoms with E-state index in [-0.39, 0.29) is 0 Å². The van der Waals surface area contributed by atoms with Crippen molar-refractivity contribution in [1.29, 1.82) is 0 Å². The van der Waals surface area contributed by atoms with Crippen molar-refractivity contribution in [2.75, 3.05) is 0 Å². The second-order valence-electron chi connectivity index (χ2n) is 3.48. The van der Waals surface area contributed by atoms with Gasteiger partial charge in [-0.25, -0.2) is 0 Å². The number of pyridine rings is 1. The summed E-state index contributed by atoms with van der Waals surface area (Å²) in [5.41, 5.74) is 1.22. The highest BCUT2D eigenvalue weighted by Gasteiger charge is 2.07. The topological polar surface area (TPSA) is 12.9 Å². The molecule has 0 aromatic carbocycles. The average Bonchev–Trinajstić information content (AvgIpc) is 2.26. The number of hydrogen-bond acceptors (Lipinski definition) is 1. The number of allylic oxidation sites excluding steroid dienone is 2. The fraction of sp³-hybridized carbons (Fsp3) is 0.462. The first-order chi connectivity index (χ1) is 6.88. The quantitative estimate of drug-likeness (QED) is 0.639. The lowest BCUT2D eigenvalue weighted by atomic mass is 9.97. The molecule has 0 N–H and O–H groups in total. The standard InChI is InChI=1S/C13H19N/c1-3-5-6-9-12(4-2)13-10-7-8-11-14-13/h5-8,10-12H,3-4,9H2,1-2H3/b6-5-. The summed E-state index contributed by atoms with van der Waals surface area (Å²) in [5.74, 6) is 0.582. The van der Waals surface area contributed by atoms with Crippen LogP contribution in [0.2, 0.25) is 0 Å². The summed E-state index contributed by atoms with van der Waals surface area (Å²) >= 11 is 0. The van der Waals surface area contributed by atoms with Crippen LogP contribution in [0, 0.1) is 0 Å². The van der Waals surface area contributed by atoms with Crippen LogP contribution in [0.15, 0.2) is 36.5 Å². The Kier molecular flexibility index (Phi) is 4.98. The van der Waals surface area contributed by atoms with Gasteiger partial charge in [0.05, 0.1) is 0 Å². The minimum Gasteiger partial charge on any atom is -0.261 e. The maximum Gasteiger partial charge on any atom is 0.0437 e. The fourth-order valence-electron chi connectivity index (χ4n) is 1.54. The SMILES string of the molecule is CC/C=C\CC(CC)c1ccccn1. The molecule has 0 amide bonds. The van der Waals surface area contributed by atoms with Gasteiger partial charge in [0.25, 0.3) is 0 Å². The highest BCUT2D eigenvalue weighted by Crippen LogP contribution is 2.21. The van der Waals surface area contributed by atoms with Crippen molar-refractivity contribution < 1.29 is 0 Å². The molecule has 0 saturated carbocycles. The Balaban J connectivity index is 2.58. The van der Waals surface area contributed by atoms with Crippen molar-refractivity contribution >= 4 is 0 Å². The normalized spacial score (nSPS) is 13.3. The molecule has 14 heavy (non-hydrogen) atoms. The zero-order valence-electron chi connectivity index (χ0n) is 9.11. The van der Waals surface area contributed by atoms with Crippen LogP contribution in [0.5, 0.6) is 0 Å². The van der Waals surface area contributed by atoms with Crippen LogP contribution in [0.3, 0.4) is 0 Å². The summed E-state index contributed by atoms with van der Waals surface area (Å²) < 4.78 is 0. The third-order valence-electron chi connectivity index (χ3n) is 2.42. The first-order valence-corrected chi connectivity index (χ1v) is 5.44. The van der Waals surface area contributed by atoms with Gasteiger partial charge < -0.3 is 0 Å². The first-order valence-electron chi connectivity index (χ1n) is 5.44. The van der Waals surface area contributed by atoms with Crippen molar-refractivity contribution in [2.45, 2.75) is 39.0 Å². The predicted molar refractivity (Wildman–Crippen MR) is 61.3 cm³/mol. The Hall–Kier alpha value is -1.11. The van der Waals surface area contributed by atoms with Gasteiger partial charge in [0, 0.05) is 17.8 Å². The van der Waals surface area contributed by atoms with Crippen LogP contribution in [-0.2, 0) is 0 Å². The van der Waals surface area contributed by atoms with Gasteiger partial charge in [-0.1, -0.05) is 32.1 Å². The zero-order valence-corrected chi connectivity index (χ0v) is 9.11. The van der Waals surface area contributed by atoms with Gasteiger partial charge in [-0.2, -0.15) is 0 Å². The summed E-state index contributed by atoms with van der Waals surface area (Å²) in [4.78, 5) is 4.39. The molecule has 76 valence electrons. The summed E-state index contributed by atoms with van der Waals surface area (Å²) in [6.45, 7) is 4.39. The van der Waals surface area contributed by atoms with Gasteiger partial charge in [0.2, 0.25) is 0 Å². The van der Waals surface area contributed by atoms with E-state index in [0.29, 0.717) is 5.92 Å². The second-order valence-corrected chi connectivity index (χ2v) is 3.48. The Morgan fingerprint density at radius 3 is 2.71 bits per heavy atom. The van der Waals surface area contributed by atoms with Gasteiger partial charge in [0.1, 0.15) is 0 Å². The molecule has 0 saturated heterocycles. The van der Waals surface area contributed by atoms with Crippen LogP contribution in [0.4, 0.5) is 0 Å². The summed E-state index contributed by atoms with van der Waals surface area (Å²) in [6.07, 6.45) is 9.76. The summed E-state index contributed by atoms with van der Waals surface area (Å²) in [5, 5.41) is 0. The Labute approximate surface area is 86.9 Å². The highest BCUT2D eigenvalue weighted by molar-refractivity contribution is 5.10. The first kappa shape index (κ1) is 11.0. The van der Waals surface area contributed by atoms with Gasteiger partial charge in [-0.3, -0.25) is 4.98 Å². The highest BCUT2D eigenvalue weighted by atomic mass is 14.7. The average molecular weight is 189 g/mol.